The van der Waals surface area contributed by atoms with Gasteiger partial charge in [-0.05, 0) is 61.6 Å². The largest absolute Gasteiger partial charge is 0.378 e. The number of anilines is 1. The third-order valence-corrected chi connectivity index (χ3v) is 7.93. The minimum atomic E-state index is -0.218. The van der Waals surface area contributed by atoms with E-state index in [1.807, 2.05) is 28.9 Å². The smallest absolute Gasteiger partial charge is 0.286 e. The Morgan fingerprint density at radius 2 is 1.81 bits per heavy atom. The zero-order valence-corrected chi connectivity index (χ0v) is 21.4. The molecular weight excluding hydrogens is 474 g/mol. The van der Waals surface area contributed by atoms with Gasteiger partial charge in [-0.3, -0.25) is 4.79 Å². The first-order valence-electron chi connectivity index (χ1n) is 12.3. The van der Waals surface area contributed by atoms with Crippen LogP contribution in [0.2, 0.25) is 0 Å². The summed E-state index contributed by atoms with van der Waals surface area (Å²) in [5.74, 6) is -0.218. The number of aryl methyl sites for hydroxylation is 1. The highest BCUT2D eigenvalue weighted by molar-refractivity contribution is 8.18. The number of morpholine rings is 1. The van der Waals surface area contributed by atoms with Crippen molar-refractivity contribution in [2.24, 2.45) is 4.99 Å². The number of benzene rings is 1. The summed E-state index contributed by atoms with van der Waals surface area (Å²) in [6, 6.07) is 10.4. The van der Waals surface area contributed by atoms with Crippen molar-refractivity contribution < 1.29 is 9.53 Å². The van der Waals surface area contributed by atoms with Crippen molar-refractivity contribution in [3.05, 3.63) is 52.7 Å². The zero-order valence-electron chi connectivity index (χ0n) is 20.6. The highest BCUT2D eigenvalue weighted by atomic mass is 32.2. The van der Waals surface area contributed by atoms with Gasteiger partial charge in [0.15, 0.2) is 10.8 Å². The van der Waals surface area contributed by atoms with E-state index in [1.54, 1.807) is 0 Å². The molecule has 6 rings (SSSR count). The van der Waals surface area contributed by atoms with Gasteiger partial charge < -0.3 is 19.4 Å². The number of piperazine rings is 1. The summed E-state index contributed by atoms with van der Waals surface area (Å²) in [6.45, 7) is 9.23. The van der Waals surface area contributed by atoms with Crippen LogP contribution in [0.25, 0.3) is 23.0 Å². The van der Waals surface area contributed by atoms with E-state index in [1.165, 1.54) is 23.0 Å². The number of fused-ring (bicyclic) bond motifs is 1. The summed E-state index contributed by atoms with van der Waals surface area (Å²) >= 11 is 1.40. The number of likely N-dealkylation sites (N-methyl/N-ethyl adjacent to an activating group) is 1. The molecule has 0 bridgehead atoms. The second kappa shape index (κ2) is 9.68. The number of amidine groups is 1. The summed E-state index contributed by atoms with van der Waals surface area (Å²) in [5, 5.41) is 5.55. The molecule has 1 amide bonds. The topological polar surface area (TPSA) is 78.6 Å². The van der Waals surface area contributed by atoms with E-state index in [0.29, 0.717) is 23.8 Å². The summed E-state index contributed by atoms with van der Waals surface area (Å²) in [4.78, 5) is 28.9. The number of imidazole rings is 1. The monoisotopic (exact) mass is 503 g/mol. The summed E-state index contributed by atoms with van der Waals surface area (Å²) in [6.07, 6.45) is 3.67. The molecule has 2 saturated heterocycles. The number of hydrogen-bond acceptors (Lipinski definition) is 8. The lowest BCUT2D eigenvalue weighted by Crippen LogP contribution is -2.44. The quantitative estimate of drug-likeness (QED) is 0.505. The average Bonchev–Trinajstić information content (AvgIpc) is 3.48. The Labute approximate surface area is 214 Å². The summed E-state index contributed by atoms with van der Waals surface area (Å²) < 4.78 is 7.26. The van der Waals surface area contributed by atoms with Crippen LogP contribution in [-0.2, 0) is 9.53 Å². The van der Waals surface area contributed by atoms with Crippen LogP contribution in [0.4, 0.5) is 5.69 Å². The van der Waals surface area contributed by atoms with Gasteiger partial charge in [0, 0.05) is 50.5 Å². The Bertz CT molecular complexity index is 1370. The van der Waals surface area contributed by atoms with Gasteiger partial charge in [0.2, 0.25) is 0 Å². The number of nitrogens with zero attached hydrogens (tertiary/aromatic N) is 7. The lowest BCUT2D eigenvalue weighted by atomic mass is 10.1. The normalized spacial score (nSPS) is 20.6. The Balaban J connectivity index is 1.25. The van der Waals surface area contributed by atoms with Crippen molar-refractivity contribution >= 4 is 40.2 Å². The molecule has 0 N–H and O–H groups in total. The lowest BCUT2D eigenvalue weighted by molar-refractivity contribution is -0.113. The van der Waals surface area contributed by atoms with Gasteiger partial charge in [-0.2, -0.15) is 10.1 Å². The van der Waals surface area contributed by atoms with Crippen LogP contribution in [0.1, 0.15) is 11.3 Å². The first-order valence-corrected chi connectivity index (χ1v) is 13.1. The van der Waals surface area contributed by atoms with Crippen LogP contribution in [0.15, 0.2) is 46.4 Å². The Hall–Kier alpha value is -3.21. The molecule has 5 heterocycles. The van der Waals surface area contributed by atoms with Crippen LogP contribution in [0.5, 0.6) is 0 Å². The fourth-order valence-electron chi connectivity index (χ4n) is 4.80. The number of rotatable bonds is 3. The number of carbonyl (C=O) groups excluding carboxylic acids is 1. The van der Waals surface area contributed by atoms with Crippen molar-refractivity contribution in [1.82, 2.24) is 24.4 Å². The Morgan fingerprint density at radius 3 is 2.58 bits per heavy atom. The fourth-order valence-corrected chi connectivity index (χ4v) is 5.75. The number of hydrogen-bond donors (Lipinski definition) is 0. The van der Waals surface area contributed by atoms with Crippen molar-refractivity contribution in [2.75, 3.05) is 64.4 Å². The van der Waals surface area contributed by atoms with E-state index in [9.17, 15) is 4.79 Å². The van der Waals surface area contributed by atoms with Crippen molar-refractivity contribution in [3.63, 3.8) is 0 Å². The molecule has 2 aromatic heterocycles. The molecular formula is C26H29N7O2S. The predicted octanol–water partition coefficient (Wildman–Crippen LogP) is 2.76. The standard InChI is InChI=1S/C26H29N7O2S/c1-18-15-19(3-5-21(18)31-9-7-30(2)8-10-31)22-17-27-24-6-4-20(29-33(22)24)16-23-25(34)28-26(36-23)32-11-13-35-14-12-32/h3-6,15-17H,7-14H2,1-2H3/b23-16-. The van der Waals surface area contributed by atoms with Gasteiger partial charge in [-0.1, -0.05) is 6.07 Å². The number of thioether (sulfide) groups is 1. The van der Waals surface area contributed by atoms with Crippen LogP contribution >= 0.6 is 11.8 Å². The number of carbonyl (C=O) groups is 1. The SMILES string of the molecule is Cc1cc(-c2cnc3ccc(/C=C4\SC(N5CCOCC5)=NC4=O)nn23)ccc1N1CCN(C)CC1. The predicted molar refractivity (Wildman–Crippen MR) is 143 cm³/mol. The van der Waals surface area contributed by atoms with E-state index in [0.717, 1.165) is 61.3 Å². The number of ether oxygens (including phenoxy) is 1. The molecule has 0 saturated carbocycles. The summed E-state index contributed by atoms with van der Waals surface area (Å²) in [5.41, 5.74) is 5.98. The molecule has 3 aromatic rings. The second-order valence-electron chi connectivity index (χ2n) is 9.37. The molecule has 10 heteroatoms. The van der Waals surface area contributed by atoms with Crippen molar-refractivity contribution in [1.29, 1.82) is 0 Å². The molecule has 0 atom stereocenters. The third-order valence-electron chi connectivity index (χ3n) is 6.89. The van der Waals surface area contributed by atoms with E-state index < -0.39 is 0 Å². The number of aromatic nitrogens is 3. The molecule has 0 radical (unpaired) electrons. The average molecular weight is 504 g/mol. The first kappa shape index (κ1) is 23.2. The van der Waals surface area contributed by atoms with E-state index >= 15 is 0 Å². The molecule has 0 spiro atoms. The maximum atomic E-state index is 12.6. The van der Waals surface area contributed by atoms with Crippen LogP contribution in [-0.4, -0.2) is 95.0 Å². The highest BCUT2D eigenvalue weighted by Gasteiger charge is 2.27. The Morgan fingerprint density at radius 1 is 1.00 bits per heavy atom. The second-order valence-corrected chi connectivity index (χ2v) is 10.4. The maximum Gasteiger partial charge on any atom is 0.286 e. The van der Waals surface area contributed by atoms with Gasteiger partial charge in [0.25, 0.3) is 5.91 Å². The van der Waals surface area contributed by atoms with Crippen LogP contribution < -0.4 is 4.90 Å². The number of amides is 1. The van der Waals surface area contributed by atoms with Crippen molar-refractivity contribution in [3.8, 4) is 11.3 Å². The fraction of sp³-hybridized carbons (Fsp3) is 0.385. The number of aliphatic imine (C=N–C) groups is 1. The highest BCUT2D eigenvalue weighted by Crippen LogP contribution is 2.31. The molecule has 0 unspecified atom stereocenters. The minimum Gasteiger partial charge on any atom is -0.378 e. The molecule has 186 valence electrons. The third kappa shape index (κ3) is 4.52. The zero-order chi connectivity index (χ0) is 24.6. The van der Waals surface area contributed by atoms with Gasteiger partial charge in [0.05, 0.1) is 35.7 Å². The Kier molecular flexibility index (Phi) is 6.24. The molecule has 3 aliphatic heterocycles. The van der Waals surface area contributed by atoms with E-state index in [2.05, 4.69) is 56.8 Å². The molecule has 9 nitrogen and oxygen atoms in total. The van der Waals surface area contributed by atoms with Gasteiger partial charge in [-0.15, -0.1) is 0 Å². The van der Waals surface area contributed by atoms with Gasteiger partial charge in [0.1, 0.15) is 0 Å². The van der Waals surface area contributed by atoms with E-state index in [4.69, 9.17) is 9.84 Å². The maximum absolute atomic E-state index is 12.6. The molecule has 0 aliphatic carbocycles. The van der Waals surface area contributed by atoms with Gasteiger partial charge in [-0.25, -0.2) is 9.50 Å². The summed E-state index contributed by atoms with van der Waals surface area (Å²) in [7, 11) is 2.17. The molecule has 2 fully saturated rings. The van der Waals surface area contributed by atoms with Crippen LogP contribution in [0, 0.1) is 6.92 Å². The van der Waals surface area contributed by atoms with Gasteiger partial charge >= 0.3 is 0 Å². The van der Waals surface area contributed by atoms with Crippen molar-refractivity contribution in [2.45, 2.75) is 6.92 Å². The molecule has 36 heavy (non-hydrogen) atoms. The minimum absolute atomic E-state index is 0.218. The first-order chi connectivity index (χ1) is 17.5. The van der Waals surface area contributed by atoms with Crippen LogP contribution in [0.3, 0.4) is 0 Å². The molecule has 1 aromatic carbocycles. The molecule has 3 aliphatic rings. The lowest BCUT2D eigenvalue weighted by Gasteiger charge is -2.35. The van der Waals surface area contributed by atoms with E-state index in [-0.39, 0.29) is 5.91 Å².